The molecule has 0 radical (unpaired) electrons. The summed E-state index contributed by atoms with van der Waals surface area (Å²) >= 11 is 0. The van der Waals surface area contributed by atoms with Crippen LogP contribution in [0.25, 0.3) is 0 Å². The van der Waals surface area contributed by atoms with Crippen LogP contribution >= 0.6 is 0 Å². The second-order valence-electron chi connectivity index (χ2n) is 5.34. The maximum absolute atomic E-state index is 5.50. The second-order valence-corrected chi connectivity index (χ2v) is 5.34. The van der Waals surface area contributed by atoms with Gasteiger partial charge in [0.15, 0.2) is 0 Å². The van der Waals surface area contributed by atoms with E-state index in [1.54, 1.807) is 11.1 Å². The van der Waals surface area contributed by atoms with E-state index in [9.17, 15) is 0 Å². The highest BCUT2D eigenvalue weighted by Gasteiger charge is 2.25. The van der Waals surface area contributed by atoms with E-state index in [1.165, 1.54) is 19.3 Å². The van der Waals surface area contributed by atoms with Crippen LogP contribution in [0.2, 0.25) is 0 Å². The normalized spacial score (nSPS) is 27.3. The highest BCUT2D eigenvalue weighted by atomic mass is 16.5. The minimum absolute atomic E-state index is 0.735. The van der Waals surface area contributed by atoms with Gasteiger partial charge in [-0.2, -0.15) is 0 Å². The molecular weight excluding hydrogens is 210 g/mol. The van der Waals surface area contributed by atoms with Crippen LogP contribution < -0.4 is 5.32 Å². The summed E-state index contributed by atoms with van der Waals surface area (Å²) in [5.74, 6) is 1.48. The van der Waals surface area contributed by atoms with E-state index in [-0.39, 0.29) is 0 Å². The van der Waals surface area contributed by atoms with Crippen molar-refractivity contribution < 1.29 is 4.74 Å². The summed E-state index contributed by atoms with van der Waals surface area (Å²) in [6.07, 6.45) is 3.82. The second kappa shape index (κ2) is 5.19. The molecule has 1 aliphatic carbocycles. The molecule has 2 nitrogen and oxygen atoms in total. The van der Waals surface area contributed by atoms with Gasteiger partial charge in [0, 0.05) is 25.6 Å². The molecule has 2 unspecified atom stereocenters. The van der Waals surface area contributed by atoms with Crippen LogP contribution in [0, 0.1) is 5.92 Å². The Kier molecular flexibility index (Phi) is 3.44. The van der Waals surface area contributed by atoms with Gasteiger partial charge in [-0.25, -0.2) is 0 Å². The third-order valence-corrected chi connectivity index (χ3v) is 4.04. The van der Waals surface area contributed by atoms with Gasteiger partial charge in [0.05, 0.1) is 6.61 Å². The first kappa shape index (κ1) is 11.2. The number of hydrogen-bond donors (Lipinski definition) is 1. The van der Waals surface area contributed by atoms with E-state index in [0.29, 0.717) is 0 Å². The molecule has 0 amide bonds. The Bertz CT molecular complexity index is 371. The van der Waals surface area contributed by atoms with Crippen molar-refractivity contribution in [3.05, 3.63) is 35.4 Å². The van der Waals surface area contributed by atoms with Crippen molar-refractivity contribution in [1.29, 1.82) is 0 Å². The molecule has 2 heteroatoms. The summed E-state index contributed by atoms with van der Waals surface area (Å²) in [4.78, 5) is 0. The average Bonchev–Trinajstić information content (AvgIpc) is 2.36. The maximum Gasteiger partial charge on any atom is 0.0506 e. The first-order chi connectivity index (χ1) is 8.43. The molecule has 2 atom stereocenters. The molecule has 0 spiro atoms. The fourth-order valence-corrected chi connectivity index (χ4v) is 2.97. The Labute approximate surface area is 103 Å². The number of benzene rings is 1. The molecule has 0 bridgehead atoms. The van der Waals surface area contributed by atoms with Gasteiger partial charge in [-0.3, -0.25) is 0 Å². The van der Waals surface area contributed by atoms with Crippen LogP contribution in [-0.2, 0) is 11.2 Å². The van der Waals surface area contributed by atoms with Gasteiger partial charge in [0.25, 0.3) is 0 Å². The van der Waals surface area contributed by atoms with Gasteiger partial charge >= 0.3 is 0 Å². The fraction of sp³-hybridized carbons (Fsp3) is 0.600. The predicted molar refractivity (Wildman–Crippen MR) is 69.3 cm³/mol. The van der Waals surface area contributed by atoms with E-state index in [2.05, 4.69) is 29.6 Å². The summed E-state index contributed by atoms with van der Waals surface area (Å²) < 4.78 is 5.50. The van der Waals surface area contributed by atoms with E-state index in [0.717, 1.165) is 38.1 Å². The van der Waals surface area contributed by atoms with Crippen molar-refractivity contribution in [3.63, 3.8) is 0 Å². The lowest BCUT2D eigenvalue weighted by molar-refractivity contribution is 0.0547. The minimum atomic E-state index is 0.735. The monoisotopic (exact) mass is 231 g/mol. The quantitative estimate of drug-likeness (QED) is 0.859. The Balaban J connectivity index is 1.41. The Morgan fingerprint density at radius 1 is 1.24 bits per heavy atom. The highest BCUT2D eigenvalue weighted by Crippen LogP contribution is 2.34. The van der Waals surface area contributed by atoms with Crippen molar-refractivity contribution in [2.24, 2.45) is 5.92 Å². The molecule has 0 saturated carbocycles. The van der Waals surface area contributed by atoms with Crippen LogP contribution in [0.15, 0.2) is 24.3 Å². The Morgan fingerprint density at radius 2 is 2.18 bits per heavy atom. The number of fused-ring (bicyclic) bond motifs is 1. The average molecular weight is 231 g/mol. The summed E-state index contributed by atoms with van der Waals surface area (Å²) in [5, 5.41) is 3.62. The van der Waals surface area contributed by atoms with Gasteiger partial charge in [0.1, 0.15) is 0 Å². The van der Waals surface area contributed by atoms with Gasteiger partial charge in [-0.05, 0) is 36.3 Å². The van der Waals surface area contributed by atoms with E-state index < -0.39 is 0 Å². The van der Waals surface area contributed by atoms with E-state index in [4.69, 9.17) is 4.74 Å². The Morgan fingerprint density at radius 3 is 3.00 bits per heavy atom. The van der Waals surface area contributed by atoms with Crippen molar-refractivity contribution in [1.82, 2.24) is 5.32 Å². The zero-order valence-electron chi connectivity index (χ0n) is 10.3. The molecule has 3 rings (SSSR count). The summed E-state index contributed by atoms with van der Waals surface area (Å²) in [7, 11) is 0. The van der Waals surface area contributed by atoms with Crippen molar-refractivity contribution in [2.75, 3.05) is 26.3 Å². The smallest absolute Gasteiger partial charge is 0.0506 e. The molecule has 1 aromatic rings. The molecular formula is C15H21NO. The van der Waals surface area contributed by atoms with Crippen LogP contribution in [-0.4, -0.2) is 26.3 Å². The lowest BCUT2D eigenvalue weighted by atomic mass is 9.77. The van der Waals surface area contributed by atoms with Crippen molar-refractivity contribution >= 4 is 0 Å². The van der Waals surface area contributed by atoms with Crippen LogP contribution in [0.3, 0.4) is 0 Å². The largest absolute Gasteiger partial charge is 0.381 e. The van der Waals surface area contributed by atoms with Crippen LogP contribution in [0.4, 0.5) is 0 Å². The first-order valence-corrected chi connectivity index (χ1v) is 6.80. The van der Waals surface area contributed by atoms with Crippen LogP contribution in [0.1, 0.15) is 29.9 Å². The van der Waals surface area contributed by atoms with E-state index in [1.807, 2.05) is 0 Å². The number of ether oxygens (including phenoxy) is 1. The summed E-state index contributed by atoms with van der Waals surface area (Å²) in [6, 6.07) is 8.82. The predicted octanol–water partition coefficient (Wildman–Crippen LogP) is 2.34. The molecule has 1 heterocycles. The number of nitrogens with one attached hydrogen (secondary N) is 1. The van der Waals surface area contributed by atoms with Gasteiger partial charge in [-0.1, -0.05) is 24.3 Å². The summed E-state index contributed by atoms with van der Waals surface area (Å²) in [6.45, 7) is 4.17. The number of hydrogen-bond acceptors (Lipinski definition) is 2. The van der Waals surface area contributed by atoms with Gasteiger partial charge < -0.3 is 10.1 Å². The minimum Gasteiger partial charge on any atom is -0.381 e. The van der Waals surface area contributed by atoms with Crippen LogP contribution in [0.5, 0.6) is 0 Å². The topological polar surface area (TPSA) is 21.3 Å². The molecule has 1 N–H and O–H groups in total. The summed E-state index contributed by atoms with van der Waals surface area (Å²) in [5.41, 5.74) is 3.10. The van der Waals surface area contributed by atoms with Gasteiger partial charge in [-0.15, -0.1) is 0 Å². The molecule has 1 saturated heterocycles. The standard InChI is InChI=1S/C15H21NO/c1-2-6-15-13(5-1)8-14(15)10-16-9-12-4-3-7-17-11-12/h1-2,5-6,12,14,16H,3-4,7-11H2. The zero-order chi connectivity index (χ0) is 11.5. The molecule has 17 heavy (non-hydrogen) atoms. The highest BCUT2D eigenvalue weighted by molar-refractivity contribution is 5.40. The molecule has 1 aliphatic heterocycles. The SMILES string of the molecule is c1ccc2c(c1)CC2CNCC1CCCOC1. The van der Waals surface area contributed by atoms with Crippen molar-refractivity contribution in [3.8, 4) is 0 Å². The molecule has 92 valence electrons. The first-order valence-electron chi connectivity index (χ1n) is 6.80. The maximum atomic E-state index is 5.50. The molecule has 1 aromatic carbocycles. The third-order valence-electron chi connectivity index (χ3n) is 4.04. The van der Waals surface area contributed by atoms with Crippen molar-refractivity contribution in [2.45, 2.75) is 25.2 Å². The lowest BCUT2D eigenvalue weighted by Crippen LogP contribution is -2.34. The van der Waals surface area contributed by atoms with E-state index >= 15 is 0 Å². The van der Waals surface area contributed by atoms with Gasteiger partial charge in [0.2, 0.25) is 0 Å². The lowest BCUT2D eigenvalue weighted by Gasteiger charge is -2.31. The third kappa shape index (κ3) is 2.53. The zero-order valence-corrected chi connectivity index (χ0v) is 10.3. The number of rotatable bonds is 4. The fourth-order valence-electron chi connectivity index (χ4n) is 2.97. The molecule has 0 aromatic heterocycles. The molecule has 1 fully saturated rings. The molecule has 2 aliphatic rings. The Hall–Kier alpha value is -0.860.